The van der Waals surface area contributed by atoms with Crippen LogP contribution in [0.15, 0.2) is 146 Å². The Kier molecular flexibility index (Phi) is 7.82. The Hall–Kier alpha value is -7.72. The molecule has 258 valence electrons. The predicted octanol–water partition coefficient (Wildman–Crippen LogP) is 10.5. The van der Waals surface area contributed by atoms with Gasteiger partial charge < -0.3 is 9.97 Å². The first-order valence-corrected chi connectivity index (χ1v) is 17.2. The maximum Gasteiger partial charge on any atom is 0.297 e. The van der Waals surface area contributed by atoms with E-state index in [1.54, 1.807) is 0 Å². The molecule has 10 heteroatoms. The smallest absolute Gasteiger partial charge is 0.297 e. The van der Waals surface area contributed by atoms with Crippen molar-refractivity contribution in [3.8, 4) is 44.5 Å². The summed E-state index contributed by atoms with van der Waals surface area (Å²) in [5.41, 5.74) is 8.53. The van der Waals surface area contributed by atoms with E-state index in [2.05, 4.69) is 9.97 Å². The van der Waals surface area contributed by atoms with E-state index in [0.29, 0.717) is 66.8 Å². The molecule has 0 amide bonds. The fourth-order valence-electron chi connectivity index (χ4n) is 7.23. The van der Waals surface area contributed by atoms with Crippen LogP contribution in [0.3, 0.4) is 0 Å². The normalized spacial score (nSPS) is 12.2. The second-order valence-corrected chi connectivity index (χ2v) is 12.8. The Balaban J connectivity index is 1.55. The molecule has 0 radical (unpaired) electrons. The van der Waals surface area contributed by atoms with Gasteiger partial charge in [-0.3, -0.25) is 20.2 Å². The summed E-state index contributed by atoms with van der Waals surface area (Å²) in [6.45, 7) is 0. The van der Waals surface area contributed by atoms with Crippen molar-refractivity contribution >= 4 is 45.6 Å². The third kappa shape index (κ3) is 5.55. The molecule has 0 saturated carbocycles. The fourth-order valence-corrected chi connectivity index (χ4v) is 7.23. The van der Waals surface area contributed by atoms with Gasteiger partial charge in [-0.15, -0.1) is 0 Å². The van der Waals surface area contributed by atoms with E-state index in [1.807, 2.05) is 146 Å². The number of rotatable bonds is 6. The number of nitro groups is 2. The molecule has 2 aliphatic heterocycles. The molecule has 54 heavy (non-hydrogen) atoms. The monoisotopic (exact) mass is 704 g/mol. The van der Waals surface area contributed by atoms with Crippen LogP contribution in [-0.2, 0) is 0 Å². The van der Waals surface area contributed by atoms with Crippen molar-refractivity contribution in [2.24, 2.45) is 0 Å². The van der Waals surface area contributed by atoms with Crippen molar-refractivity contribution in [2.75, 3.05) is 0 Å². The summed E-state index contributed by atoms with van der Waals surface area (Å²) in [6, 6.07) is 45.4. The molecule has 9 rings (SSSR count). The zero-order valence-corrected chi connectivity index (χ0v) is 28.4. The van der Waals surface area contributed by atoms with Gasteiger partial charge >= 0.3 is 0 Å². The van der Waals surface area contributed by atoms with Gasteiger partial charge in [-0.1, -0.05) is 121 Å². The lowest BCUT2D eigenvalue weighted by Crippen LogP contribution is -1.99. The van der Waals surface area contributed by atoms with Gasteiger partial charge in [0.15, 0.2) is 11.4 Å². The minimum atomic E-state index is -0.406. The molecule has 2 aliphatic rings. The van der Waals surface area contributed by atoms with Gasteiger partial charge in [0.05, 0.1) is 21.2 Å². The lowest BCUT2D eigenvalue weighted by molar-refractivity contribution is -0.374. The van der Waals surface area contributed by atoms with Gasteiger partial charge in [-0.05, 0) is 46.5 Å². The summed E-state index contributed by atoms with van der Waals surface area (Å²) in [6.07, 6.45) is 3.06. The fraction of sp³-hybridized carbons (Fsp3) is 0. The third-order valence-corrected chi connectivity index (χ3v) is 9.58. The summed E-state index contributed by atoms with van der Waals surface area (Å²) < 4.78 is 0. The van der Waals surface area contributed by atoms with Crippen molar-refractivity contribution in [1.29, 1.82) is 0 Å². The van der Waals surface area contributed by atoms with Gasteiger partial charge in [-0.25, -0.2) is 9.97 Å². The third-order valence-electron chi connectivity index (χ3n) is 9.58. The van der Waals surface area contributed by atoms with Gasteiger partial charge in [0.25, 0.3) is 11.4 Å². The number of H-pyrrole nitrogens is 2. The zero-order valence-electron chi connectivity index (χ0n) is 28.4. The molecule has 8 bridgehead atoms. The molecule has 0 spiro atoms. The van der Waals surface area contributed by atoms with Crippen LogP contribution in [0.2, 0.25) is 0 Å². The zero-order chi connectivity index (χ0) is 36.8. The van der Waals surface area contributed by atoms with Crippen LogP contribution in [0.5, 0.6) is 0 Å². The molecule has 0 unspecified atom stereocenters. The lowest BCUT2D eigenvalue weighted by Gasteiger charge is -2.06. The number of fused-ring (bicyclic) bond motifs is 8. The molecule has 2 N–H and O–H groups in total. The van der Waals surface area contributed by atoms with E-state index in [1.165, 1.54) is 12.2 Å². The number of aromatic amines is 2. The van der Waals surface area contributed by atoms with E-state index in [4.69, 9.17) is 9.97 Å². The highest BCUT2D eigenvalue weighted by Crippen LogP contribution is 2.41. The lowest BCUT2D eigenvalue weighted by atomic mass is 10.0. The maximum absolute atomic E-state index is 12.9. The molecule has 0 aliphatic carbocycles. The van der Waals surface area contributed by atoms with E-state index in [9.17, 15) is 20.2 Å². The van der Waals surface area contributed by atoms with Crippen LogP contribution in [0.1, 0.15) is 22.8 Å². The standard InChI is InChI=1S/C44H28N6O4/c51-49(52)37-25-35-39(27-13-5-1-6-14-27)31-21-22-32(45-31)40(28-15-7-2-8-16-28)36-26-38(50(53)54)44(48-36)42(30-19-11-4-12-20-30)34-24-23-33(46-34)41(43(37)47-35)29-17-9-3-10-18-29/h1-26,45-46H. The predicted molar refractivity (Wildman–Crippen MR) is 212 cm³/mol. The average molecular weight is 705 g/mol. The van der Waals surface area contributed by atoms with E-state index in [0.717, 1.165) is 11.1 Å². The average Bonchev–Trinajstić information content (AvgIpc) is 4.03. The number of aromatic nitrogens is 4. The summed E-state index contributed by atoms with van der Waals surface area (Å²) in [4.78, 5) is 42.2. The summed E-state index contributed by atoms with van der Waals surface area (Å²) in [5.74, 6) is 0. The van der Waals surface area contributed by atoms with Crippen molar-refractivity contribution in [1.82, 2.24) is 19.9 Å². The molecular formula is C44H28N6O4. The second kappa shape index (κ2) is 13.1. The van der Waals surface area contributed by atoms with E-state index < -0.39 is 9.85 Å². The Bertz CT molecular complexity index is 2670. The number of hydrogen-bond donors (Lipinski definition) is 2. The van der Waals surface area contributed by atoms with Crippen molar-refractivity contribution in [3.05, 3.63) is 189 Å². The highest BCUT2D eigenvalue weighted by molar-refractivity contribution is 6.01. The minimum absolute atomic E-state index is 0.161. The first-order chi connectivity index (χ1) is 26.4. The number of nitrogens with zero attached hydrogens (tertiary/aromatic N) is 4. The molecule has 0 fully saturated rings. The molecule has 0 atom stereocenters. The van der Waals surface area contributed by atoms with Crippen LogP contribution in [0, 0.1) is 20.2 Å². The molecule has 5 heterocycles. The molecule has 10 nitrogen and oxygen atoms in total. The van der Waals surface area contributed by atoms with Crippen molar-refractivity contribution < 1.29 is 9.85 Å². The van der Waals surface area contributed by atoms with Crippen LogP contribution < -0.4 is 0 Å². The molecule has 3 aromatic heterocycles. The largest absolute Gasteiger partial charge is 0.354 e. The number of benzene rings is 4. The Morgan fingerprint density at radius 2 is 0.667 bits per heavy atom. The first-order valence-electron chi connectivity index (χ1n) is 17.2. The maximum atomic E-state index is 12.9. The van der Waals surface area contributed by atoms with Crippen LogP contribution in [0.4, 0.5) is 0 Å². The van der Waals surface area contributed by atoms with Gasteiger partial charge in [0, 0.05) is 56.5 Å². The van der Waals surface area contributed by atoms with Gasteiger partial charge in [-0.2, -0.15) is 0 Å². The number of nitrogens with one attached hydrogen (secondary N) is 2. The Morgan fingerprint density at radius 3 is 0.963 bits per heavy atom. The highest BCUT2D eigenvalue weighted by Gasteiger charge is 2.31. The summed E-state index contributed by atoms with van der Waals surface area (Å²) >= 11 is 0. The van der Waals surface area contributed by atoms with Gasteiger partial charge in [0.1, 0.15) is 0 Å². The van der Waals surface area contributed by atoms with Crippen LogP contribution in [0.25, 0.3) is 90.1 Å². The van der Waals surface area contributed by atoms with Crippen molar-refractivity contribution in [3.63, 3.8) is 0 Å². The first kappa shape index (κ1) is 32.2. The van der Waals surface area contributed by atoms with Crippen LogP contribution >= 0.6 is 0 Å². The summed E-state index contributed by atoms with van der Waals surface area (Å²) in [5, 5.41) is 25.8. The Labute approximate surface area is 307 Å². The Morgan fingerprint density at radius 1 is 0.389 bits per heavy atom. The number of hydrogen-bond acceptors (Lipinski definition) is 6. The minimum Gasteiger partial charge on any atom is -0.354 e. The van der Waals surface area contributed by atoms with E-state index >= 15 is 0 Å². The molecule has 4 aromatic carbocycles. The van der Waals surface area contributed by atoms with Gasteiger partial charge in [0.2, 0.25) is 0 Å². The molecule has 0 saturated heterocycles. The van der Waals surface area contributed by atoms with Crippen molar-refractivity contribution in [2.45, 2.75) is 0 Å². The topological polar surface area (TPSA) is 144 Å². The molecular weight excluding hydrogens is 677 g/mol. The highest BCUT2D eigenvalue weighted by atomic mass is 16.6. The van der Waals surface area contributed by atoms with E-state index in [-0.39, 0.29) is 22.8 Å². The summed E-state index contributed by atoms with van der Waals surface area (Å²) in [7, 11) is 0. The second-order valence-electron chi connectivity index (χ2n) is 12.8. The van der Waals surface area contributed by atoms with Crippen LogP contribution in [-0.4, -0.2) is 29.8 Å². The SMILES string of the molecule is O=[N+]([O-])C1=Cc2nc1c(-c1ccccc1)c1ccc([nH]1)c(-c1ccccc1)c1nc(c(-c3ccccc3)c3ccc([nH]3)c2-c2ccccc2)C=C1[N+](=O)[O-]. The quantitative estimate of drug-likeness (QED) is 0.130. The molecule has 7 aromatic rings.